The number of aromatic hydroxyl groups is 1. The summed E-state index contributed by atoms with van der Waals surface area (Å²) >= 11 is 0. The lowest BCUT2D eigenvalue weighted by molar-refractivity contribution is 0.0154. The van der Waals surface area contributed by atoms with Crippen LogP contribution in [0.1, 0.15) is 23.7 Å². The van der Waals surface area contributed by atoms with Crippen LogP contribution in [0.5, 0.6) is 5.75 Å². The van der Waals surface area contributed by atoms with Crippen molar-refractivity contribution in [1.82, 2.24) is 5.32 Å². The molecular weight excluding hydrogens is 234 g/mol. The molecule has 3 N–H and O–H groups in total. The Morgan fingerprint density at radius 3 is 2.78 bits per heavy atom. The smallest absolute Gasteiger partial charge is 0.255 e. The number of nitrogens with one attached hydrogen (secondary N) is 1. The van der Waals surface area contributed by atoms with Crippen molar-refractivity contribution in [2.75, 3.05) is 19.8 Å². The summed E-state index contributed by atoms with van der Waals surface area (Å²) in [6.07, 6.45) is 0.267. The van der Waals surface area contributed by atoms with E-state index in [1.54, 1.807) is 18.2 Å². The molecule has 100 valence electrons. The van der Waals surface area contributed by atoms with Gasteiger partial charge in [-0.15, -0.1) is 0 Å². The van der Waals surface area contributed by atoms with Crippen LogP contribution in [0, 0.1) is 0 Å². The molecule has 1 aromatic carbocycles. The average molecular weight is 253 g/mol. The number of carbonyl (C=O) groups excluding carboxylic acids is 1. The quantitative estimate of drug-likeness (QED) is 0.675. The van der Waals surface area contributed by atoms with Crippen LogP contribution in [0.15, 0.2) is 24.3 Å². The van der Waals surface area contributed by atoms with Gasteiger partial charge in [0.1, 0.15) is 5.75 Å². The van der Waals surface area contributed by atoms with Gasteiger partial charge in [0.25, 0.3) is 5.91 Å². The maximum absolute atomic E-state index is 11.7. The van der Waals surface area contributed by atoms with Crippen molar-refractivity contribution in [1.29, 1.82) is 0 Å². The summed E-state index contributed by atoms with van der Waals surface area (Å²) in [6.45, 7) is 2.70. The number of para-hydroxylation sites is 1. The Balaban J connectivity index is 2.40. The summed E-state index contributed by atoms with van der Waals surface area (Å²) in [7, 11) is 0. The van der Waals surface area contributed by atoms with E-state index < -0.39 is 0 Å². The third-order valence-corrected chi connectivity index (χ3v) is 2.51. The van der Waals surface area contributed by atoms with Crippen molar-refractivity contribution in [2.24, 2.45) is 0 Å². The number of phenols is 1. The van der Waals surface area contributed by atoms with Crippen LogP contribution >= 0.6 is 0 Å². The zero-order chi connectivity index (χ0) is 13.4. The molecule has 5 heteroatoms. The van der Waals surface area contributed by atoms with Crippen molar-refractivity contribution in [3.05, 3.63) is 29.8 Å². The first-order chi connectivity index (χ1) is 8.69. The number of rotatable bonds is 7. The molecule has 0 radical (unpaired) electrons. The van der Waals surface area contributed by atoms with E-state index in [1.807, 2.05) is 6.92 Å². The molecule has 0 unspecified atom stereocenters. The van der Waals surface area contributed by atoms with Gasteiger partial charge in [0.15, 0.2) is 0 Å². The highest BCUT2D eigenvalue weighted by Gasteiger charge is 2.11. The highest BCUT2D eigenvalue weighted by atomic mass is 16.5. The molecular formula is C13H19NO4. The second-order valence-corrected chi connectivity index (χ2v) is 3.82. The standard InChI is InChI=1S/C13H19NO4/c1-2-18-10(9-15)7-8-14-13(17)11-5-3-4-6-12(11)16/h3-6,10,15-16H,2,7-9H2,1H3,(H,14,17)/t10-/m0/s1. The molecule has 0 bridgehead atoms. The Morgan fingerprint density at radius 1 is 1.44 bits per heavy atom. The van der Waals surface area contributed by atoms with Crippen molar-refractivity contribution in [2.45, 2.75) is 19.4 Å². The fourth-order valence-corrected chi connectivity index (χ4v) is 1.57. The van der Waals surface area contributed by atoms with E-state index in [0.717, 1.165) is 0 Å². The predicted octanol–water partition coefficient (Wildman–Crippen LogP) is 0.909. The third kappa shape index (κ3) is 4.35. The maximum atomic E-state index is 11.7. The number of hydrogen-bond acceptors (Lipinski definition) is 4. The van der Waals surface area contributed by atoms with E-state index in [0.29, 0.717) is 19.6 Å². The molecule has 0 saturated carbocycles. The number of amides is 1. The largest absolute Gasteiger partial charge is 0.507 e. The zero-order valence-electron chi connectivity index (χ0n) is 10.4. The number of carbonyl (C=O) groups is 1. The van der Waals surface area contributed by atoms with E-state index in [9.17, 15) is 9.90 Å². The summed E-state index contributed by atoms with van der Waals surface area (Å²) < 4.78 is 5.25. The number of aliphatic hydroxyl groups is 1. The van der Waals surface area contributed by atoms with Gasteiger partial charge in [-0.2, -0.15) is 0 Å². The zero-order valence-corrected chi connectivity index (χ0v) is 10.4. The number of phenolic OH excluding ortho intramolecular Hbond substituents is 1. The number of benzene rings is 1. The van der Waals surface area contributed by atoms with Crippen molar-refractivity contribution in [3.8, 4) is 5.75 Å². The van der Waals surface area contributed by atoms with Gasteiger partial charge in [0, 0.05) is 13.2 Å². The first kappa shape index (κ1) is 14.5. The molecule has 0 aromatic heterocycles. The molecule has 0 aliphatic rings. The lowest BCUT2D eigenvalue weighted by atomic mass is 10.2. The van der Waals surface area contributed by atoms with Crippen LogP contribution in [-0.4, -0.2) is 42.0 Å². The fourth-order valence-electron chi connectivity index (χ4n) is 1.57. The first-order valence-electron chi connectivity index (χ1n) is 5.97. The lowest BCUT2D eigenvalue weighted by Crippen LogP contribution is -2.29. The van der Waals surface area contributed by atoms with Gasteiger partial charge in [-0.05, 0) is 25.5 Å². The van der Waals surface area contributed by atoms with Crippen molar-refractivity contribution in [3.63, 3.8) is 0 Å². The van der Waals surface area contributed by atoms with Gasteiger partial charge in [-0.1, -0.05) is 12.1 Å². The summed E-state index contributed by atoms with van der Waals surface area (Å²) in [5.41, 5.74) is 0.245. The maximum Gasteiger partial charge on any atom is 0.255 e. The molecule has 0 aliphatic heterocycles. The minimum absolute atomic E-state index is 0.0430. The van der Waals surface area contributed by atoms with Crippen LogP contribution in [-0.2, 0) is 4.74 Å². The molecule has 0 saturated heterocycles. The molecule has 1 atom stereocenters. The van der Waals surface area contributed by atoms with Gasteiger partial charge in [0.05, 0.1) is 18.3 Å². The molecule has 1 aromatic rings. The molecule has 0 spiro atoms. The van der Waals surface area contributed by atoms with Crippen LogP contribution in [0.3, 0.4) is 0 Å². The Labute approximate surface area is 106 Å². The van der Waals surface area contributed by atoms with E-state index in [1.165, 1.54) is 6.07 Å². The Hall–Kier alpha value is -1.59. The molecule has 0 aliphatic carbocycles. The van der Waals surface area contributed by atoms with E-state index in [4.69, 9.17) is 9.84 Å². The van der Waals surface area contributed by atoms with Crippen LogP contribution in [0.2, 0.25) is 0 Å². The van der Waals surface area contributed by atoms with Gasteiger partial charge in [-0.25, -0.2) is 0 Å². The van der Waals surface area contributed by atoms with Crippen molar-refractivity contribution < 1.29 is 19.7 Å². The number of hydrogen-bond donors (Lipinski definition) is 3. The monoisotopic (exact) mass is 253 g/mol. The first-order valence-corrected chi connectivity index (χ1v) is 5.97. The second-order valence-electron chi connectivity index (χ2n) is 3.82. The minimum Gasteiger partial charge on any atom is -0.507 e. The minimum atomic E-state index is -0.332. The molecule has 0 heterocycles. The summed E-state index contributed by atoms with van der Waals surface area (Å²) in [5, 5.41) is 21.2. The van der Waals surface area contributed by atoms with Gasteiger partial charge in [0.2, 0.25) is 0 Å². The third-order valence-electron chi connectivity index (χ3n) is 2.51. The van der Waals surface area contributed by atoms with Crippen LogP contribution in [0.4, 0.5) is 0 Å². The molecule has 1 rings (SSSR count). The van der Waals surface area contributed by atoms with E-state index >= 15 is 0 Å². The molecule has 0 fully saturated rings. The fraction of sp³-hybridized carbons (Fsp3) is 0.462. The van der Waals surface area contributed by atoms with Crippen molar-refractivity contribution >= 4 is 5.91 Å². The lowest BCUT2D eigenvalue weighted by Gasteiger charge is -2.14. The SMILES string of the molecule is CCO[C@H](CO)CCNC(=O)c1ccccc1O. The Bertz CT molecular complexity index is 381. The summed E-state index contributed by atoms with van der Waals surface area (Å²) in [4.78, 5) is 11.7. The van der Waals surface area contributed by atoms with Gasteiger partial charge >= 0.3 is 0 Å². The van der Waals surface area contributed by atoms with Gasteiger partial charge < -0.3 is 20.3 Å². The summed E-state index contributed by atoms with van der Waals surface area (Å²) in [5.74, 6) is -0.375. The molecule has 1 amide bonds. The highest BCUT2D eigenvalue weighted by Crippen LogP contribution is 2.14. The normalized spacial score (nSPS) is 12.1. The number of aliphatic hydroxyl groups excluding tert-OH is 1. The topological polar surface area (TPSA) is 78.8 Å². The highest BCUT2D eigenvalue weighted by molar-refractivity contribution is 5.96. The second kappa shape index (κ2) is 7.68. The average Bonchev–Trinajstić information content (AvgIpc) is 2.38. The van der Waals surface area contributed by atoms with Crippen LogP contribution in [0.25, 0.3) is 0 Å². The Kier molecular flexibility index (Phi) is 6.18. The van der Waals surface area contributed by atoms with Crippen LogP contribution < -0.4 is 5.32 Å². The van der Waals surface area contributed by atoms with Gasteiger partial charge in [-0.3, -0.25) is 4.79 Å². The Morgan fingerprint density at radius 2 is 2.17 bits per heavy atom. The predicted molar refractivity (Wildman–Crippen MR) is 67.6 cm³/mol. The molecule has 18 heavy (non-hydrogen) atoms. The number of ether oxygens (including phenoxy) is 1. The molecule has 5 nitrogen and oxygen atoms in total. The summed E-state index contributed by atoms with van der Waals surface area (Å²) in [6, 6.07) is 6.36. The van der Waals surface area contributed by atoms with E-state index in [2.05, 4.69) is 5.32 Å². The van der Waals surface area contributed by atoms with E-state index in [-0.39, 0.29) is 29.9 Å².